The maximum absolute atomic E-state index is 5.73. The van der Waals surface area contributed by atoms with Gasteiger partial charge in [-0.15, -0.1) is 0 Å². The van der Waals surface area contributed by atoms with Gasteiger partial charge in [0.05, 0.1) is 11.7 Å². The highest BCUT2D eigenvalue weighted by molar-refractivity contribution is 5.28. The average Bonchev–Trinajstić information content (AvgIpc) is 2.74. The van der Waals surface area contributed by atoms with Gasteiger partial charge in [0.15, 0.2) is 0 Å². The van der Waals surface area contributed by atoms with E-state index in [4.69, 9.17) is 5.84 Å². The molecule has 5 nitrogen and oxygen atoms in total. The lowest BCUT2D eigenvalue weighted by atomic mass is 9.97. The van der Waals surface area contributed by atoms with E-state index in [1.807, 2.05) is 37.1 Å². The van der Waals surface area contributed by atoms with Crippen LogP contribution in [0, 0.1) is 6.92 Å². The number of pyridine rings is 1. The molecule has 102 valence electrons. The number of nitrogens with two attached hydrogens (primary N) is 1. The van der Waals surface area contributed by atoms with E-state index < -0.39 is 0 Å². The third-order valence-electron chi connectivity index (χ3n) is 3.41. The summed E-state index contributed by atoms with van der Waals surface area (Å²) in [6.45, 7) is 4.13. The maximum atomic E-state index is 5.73. The van der Waals surface area contributed by atoms with E-state index in [9.17, 15) is 0 Å². The molecule has 0 bridgehead atoms. The maximum Gasteiger partial charge on any atom is 0.0596 e. The van der Waals surface area contributed by atoms with E-state index in [1.54, 1.807) is 0 Å². The van der Waals surface area contributed by atoms with Gasteiger partial charge in [-0.05, 0) is 36.6 Å². The van der Waals surface area contributed by atoms with Crippen LogP contribution in [0.25, 0.3) is 0 Å². The normalized spacial score (nSPS) is 12.6. The van der Waals surface area contributed by atoms with Gasteiger partial charge in [-0.25, -0.2) is 0 Å². The minimum atomic E-state index is 0.0766. The molecule has 2 aromatic rings. The molecule has 0 aliphatic heterocycles. The topological polar surface area (TPSA) is 68.8 Å². The first-order chi connectivity index (χ1) is 9.15. The molecule has 0 saturated carbocycles. The van der Waals surface area contributed by atoms with Gasteiger partial charge in [-0.2, -0.15) is 5.10 Å². The highest BCUT2D eigenvalue weighted by Crippen LogP contribution is 2.21. The summed E-state index contributed by atoms with van der Waals surface area (Å²) in [4.78, 5) is 4.18. The van der Waals surface area contributed by atoms with Crippen molar-refractivity contribution in [1.29, 1.82) is 0 Å². The largest absolute Gasteiger partial charge is 0.272 e. The predicted molar refractivity (Wildman–Crippen MR) is 75.3 cm³/mol. The van der Waals surface area contributed by atoms with Crippen molar-refractivity contribution in [2.75, 3.05) is 0 Å². The van der Waals surface area contributed by atoms with Crippen LogP contribution in [-0.2, 0) is 19.9 Å². The van der Waals surface area contributed by atoms with E-state index in [1.165, 1.54) is 16.8 Å². The van der Waals surface area contributed by atoms with Crippen LogP contribution >= 0.6 is 0 Å². The minimum absolute atomic E-state index is 0.0766. The third kappa shape index (κ3) is 3.00. The molecule has 2 rings (SSSR count). The number of nitrogens with zero attached hydrogens (tertiary/aromatic N) is 3. The molecule has 2 aromatic heterocycles. The van der Waals surface area contributed by atoms with Crippen molar-refractivity contribution < 1.29 is 0 Å². The fourth-order valence-electron chi connectivity index (χ4n) is 2.40. The molecule has 0 aliphatic rings. The van der Waals surface area contributed by atoms with Crippen molar-refractivity contribution in [2.24, 2.45) is 12.9 Å². The molecule has 0 saturated heterocycles. The minimum Gasteiger partial charge on any atom is -0.272 e. The van der Waals surface area contributed by atoms with Gasteiger partial charge >= 0.3 is 0 Å². The van der Waals surface area contributed by atoms with Crippen molar-refractivity contribution in [3.05, 3.63) is 47.0 Å². The van der Waals surface area contributed by atoms with Crippen LogP contribution in [0.4, 0.5) is 0 Å². The Morgan fingerprint density at radius 3 is 2.84 bits per heavy atom. The second-order valence-corrected chi connectivity index (χ2v) is 4.75. The highest BCUT2D eigenvalue weighted by atomic mass is 15.3. The molecule has 3 N–H and O–H groups in total. The number of rotatable bonds is 5. The summed E-state index contributed by atoms with van der Waals surface area (Å²) in [6.07, 6.45) is 5.48. The Labute approximate surface area is 113 Å². The van der Waals surface area contributed by atoms with Crippen molar-refractivity contribution in [3.8, 4) is 0 Å². The average molecular weight is 259 g/mol. The lowest BCUT2D eigenvalue weighted by Gasteiger charge is -2.19. The van der Waals surface area contributed by atoms with Gasteiger partial charge in [-0.3, -0.25) is 20.9 Å². The number of hydrogen-bond acceptors (Lipinski definition) is 4. The van der Waals surface area contributed by atoms with Crippen LogP contribution in [0.2, 0.25) is 0 Å². The van der Waals surface area contributed by atoms with Crippen LogP contribution in [-0.4, -0.2) is 14.8 Å². The number of aromatic nitrogens is 3. The molecule has 1 unspecified atom stereocenters. The highest BCUT2D eigenvalue weighted by Gasteiger charge is 2.16. The summed E-state index contributed by atoms with van der Waals surface area (Å²) >= 11 is 0. The molecule has 0 fully saturated rings. The van der Waals surface area contributed by atoms with E-state index >= 15 is 0 Å². The molecular formula is C14H21N5. The molecule has 0 aromatic carbocycles. The molecule has 0 aliphatic carbocycles. The number of hydrazine groups is 1. The van der Waals surface area contributed by atoms with Crippen LogP contribution in [0.1, 0.15) is 35.5 Å². The van der Waals surface area contributed by atoms with Crippen molar-refractivity contribution in [3.63, 3.8) is 0 Å². The van der Waals surface area contributed by atoms with E-state index in [-0.39, 0.29) is 6.04 Å². The molecule has 2 heterocycles. The van der Waals surface area contributed by atoms with Crippen LogP contribution in [0.15, 0.2) is 24.5 Å². The Morgan fingerprint density at radius 2 is 2.26 bits per heavy atom. The molecule has 0 amide bonds. The van der Waals surface area contributed by atoms with Crippen molar-refractivity contribution in [1.82, 2.24) is 20.2 Å². The van der Waals surface area contributed by atoms with Gasteiger partial charge in [0.1, 0.15) is 0 Å². The zero-order chi connectivity index (χ0) is 13.8. The Kier molecular flexibility index (Phi) is 4.29. The van der Waals surface area contributed by atoms with Crippen LogP contribution in [0.5, 0.6) is 0 Å². The Hall–Kier alpha value is -1.72. The Balaban J connectivity index is 2.27. The molecule has 0 spiro atoms. The lowest BCUT2D eigenvalue weighted by molar-refractivity contribution is 0.526. The van der Waals surface area contributed by atoms with Crippen molar-refractivity contribution >= 4 is 0 Å². The molecule has 1 atom stereocenters. The number of nitrogens with one attached hydrogen (secondary N) is 1. The van der Waals surface area contributed by atoms with E-state index in [0.29, 0.717) is 0 Å². The number of aryl methyl sites for hydroxylation is 3. The quantitative estimate of drug-likeness (QED) is 0.629. The fourth-order valence-corrected chi connectivity index (χ4v) is 2.40. The smallest absolute Gasteiger partial charge is 0.0596 e. The first-order valence-electron chi connectivity index (χ1n) is 6.54. The van der Waals surface area contributed by atoms with Gasteiger partial charge in [-0.1, -0.05) is 6.92 Å². The fraction of sp³-hybridized carbons (Fsp3) is 0.429. The zero-order valence-electron chi connectivity index (χ0n) is 11.7. The van der Waals surface area contributed by atoms with E-state index in [2.05, 4.69) is 28.5 Å². The van der Waals surface area contributed by atoms with Crippen LogP contribution < -0.4 is 11.3 Å². The summed E-state index contributed by atoms with van der Waals surface area (Å²) in [5.41, 5.74) is 7.54. The summed E-state index contributed by atoms with van der Waals surface area (Å²) in [7, 11) is 1.96. The monoisotopic (exact) mass is 259 g/mol. The van der Waals surface area contributed by atoms with Crippen LogP contribution in [0.3, 0.4) is 0 Å². The predicted octanol–water partition coefficient (Wildman–Crippen LogP) is 1.43. The van der Waals surface area contributed by atoms with Gasteiger partial charge in [0, 0.05) is 31.6 Å². The zero-order valence-corrected chi connectivity index (χ0v) is 11.7. The Bertz CT molecular complexity index is 547. The SMILES string of the molecule is CCc1cnccc1C(Cc1cc(C)nn1C)NN. The molecule has 5 heteroatoms. The first-order valence-corrected chi connectivity index (χ1v) is 6.54. The van der Waals surface area contributed by atoms with Gasteiger partial charge in [0.25, 0.3) is 0 Å². The van der Waals surface area contributed by atoms with Gasteiger partial charge in [0.2, 0.25) is 0 Å². The summed E-state index contributed by atoms with van der Waals surface area (Å²) in [5, 5.41) is 4.37. The number of hydrogen-bond donors (Lipinski definition) is 2. The standard InChI is InChI=1S/C14H21N5/c1-4-11-9-16-6-5-13(11)14(17-15)8-12-7-10(2)18-19(12)3/h5-7,9,14,17H,4,8,15H2,1-3H3. The molecule has 0 radical (unpaired) electrons. The van der Waals surface area contributed by atoms with Gasteiger partial charge < -0.3 is 0 Å². The Morgan fingerprint density at radius 1 is 1.47 bits per heavy atom. The molecule has 19 heavy (non-hydrogen) atoms. The van der Waals surface area contributed by atoms with Crippen molar-refractivity contribution in [2.45, 2.75) is 32.7 Å². The second kappa shape index (κ2) is 5.95. The summed E-state index contributed by atoms with van der Waals surface area (Å²) in [5.74, 6) is 5.73. The third-order valence-corrected chi connectivity index (χ3v) is 3.41. The summed E-state index contributed by atoms with van der Waals surface area (Å²) < 4.78 is 1.91. The molecular weight excluding hydrogens is 238 g/mol. The second-order valence-electron chi connectivity index (χ2n) is 4.75. The lowest BCUT2D eigenvalue weighted by Crippen LogP contribution is -2.31. The first kappa shape index (κ1) is 13.7. The van der Waals surface area contributed by atoms with E-state index in [0.717, 1.165) is 18.5 Å². The summed E-state index contributed by atoms with van der Waals surface area (Å²) in [6, 6.07) is 4.21.